The number of benzene rings is 1. The lowest BCUT2D eigenvalue weighted by atomic mass is 9.70. The van der Waals surface area contributed by atoms with E-state index in [0.717, 1.165) is 19.4 Å². The Morgan fingerprint density at radius 2 is 2.25 bits per heavy atom. The minimum atomic E-state index is -0.344. The average molecular weight is 341 g/mol. The second kappa shape index (κ2) is 5.45. The van der Waals surface area contributed by atoms with Gasteiger partial charge < -0.3 is 10.6 Å². The van der Waals surface area contributed by atoms with Gasteiger partial charge in [0.15, 0.2) is 0 Å². The summed E-state index contributed by atoms with van der Waals surface area (Å²) in [5, 5.41) is 6.67. The number of carbonyl (C=O) groups is 1. The molecule has 0 aromatic heterocycles. The highest BCUT2D eigenvalue weighted by Gasteiger charge is 2.41. The van der Waals surface area contributed by atoms with Gasteiger partial charge in [0.1, 0.15) is 5.82 Å². The van der Waals surface area contributed by atoms with E-state index in [1.807, 2.05) is 0 Å². The number of rotatable bonds is 2. The lowest BCUT2D eigenvalue weighted by Gasteiger charge is -2.48. The molecule has 1 aromatic carbocycles. The van der Waals surface area contributed by atoms with E-state index in [1.165, 1.54) is 37.5 Å². The summed E-state index contributed by atoms with van der Waals surface area (Å²) in [7, 11) is 0. The summed E-state index contributed by atoms with van der Waals surface area (Å²) in [6, 6.07) is 4.37. The summed E-state index contributed by atoms with van der Waals surface area (Å²) in [5.41, 5.74) is 0.753. The van der Waals surface area contributed by atoms with E-state index in [2.05, 4.69) is 26.6 Å². The summed E-state index contributed by atoms with van der Waals surface area (Å²) in [6.07, 6.45) is 5.64. The van der Waals surface area contributed by atoms with Crippen LogP contribution in [0.3, 0.4) is 0 Å². The van der Waals surface area contributed by atoms with Gasteiger partial charge in [0.05, 0.1) is 5.56 Å². The summed E-state index contributed by atoms with van der Waals surface area (Å²) < 4.78 is 13.6. The Bertz CT molecular complexity index is 531. The molecule has 3 nitrogen and oxygen atoms in total. The van der Waals surface area contributed by atoms with Crippen LogP contribution in [0.1, 0.15) is 42.5 Å². The molecule has 1 heterocycles. The molecule has 2 N–H and O–H groups in total. The fourth-order valence-electron chi connectivity index (χ4n) is 3.20. The fraction of sp³-hybridized carbons (Fsp3) is 0.533. The molecule has 1 saturated carbocycles. The van der Waals surface area contributed by atoms with Gasteiger partial charge in [0, 0.05) is 16.1 Å². The molecule has 5 heteroatoms. The Morgan fingerprint density at radius 3 is 2.90 bits per heavy atom. The van der Waals surface area contributed by atoms with Crippen molar-refractivity contribution >= 4 is 21.8 Å². The predicted octanol–water partition coefficient (Wildman–Crippen LogP) is 2.99. The molecular formula is C15H18BrFN2O. The van der Waals surface area contributed by atoms with E-state index in [1.54, 1.807) is 0 Å². The maximum atomic E-state index is 13.1. The maximum Gasteiger partial charge on any atom is 0.252 e. The molecule has 1 amide bonds. The fourth-order valence-corrected chi connectivity index (χ4v) is 3.73. The van der Waals surface area contributed by atoms with Crippen LogP contribution in [-0.4, -0.2) is 24.0 Å². The van der Waals surface area contributed by atoms with E-state index >= 15 is 0 Å². The quantitative estimate of drug-likeness (QED) is 0.868. The standard InChI is InChI=1S/C15H18BrFN2O/c16-13-8-10(17)2-3-12(13)14(20)19-11-4-7-18-15(9-11)5-1-6-15/h2-3,8,11,18H,1,4-7,9H2,(H,19,20). The molecule has 2 fully saturated rings. The third-order valence-electron chi connectivity index (χ3n) is 4.45. The zero-order valence-electron chi connectivity index (χ0n) is 11.2. The molecule has 108 valence electrons. The summed E-state index contributed by atoms with van der Waals surface area (Å²) in [4.78, 5) is 12.3. The zero-order chi connectivity index (χ0) is 14.2. The van der Waals surface area contributed by atoms with Crippen molar-refractivity contribution in [3.8, 4) is 0 Å². The summed E-state index contributed by atoms with van der Waals surface area (Å²) >= 11 is 3.25. The molecule has 1 atom stereocenters. The Balaban J connectivity index is 1.66. The molecule has 1 saturated heterocycles. The molecule has 0 bridgehead atoms. The Kier molecular flexibility index (Phi) is 3.82. The molecule has 1 unspecified atom stereocenters. The first-order valence-electron chi connectivity index (χ1n) is 7.09. The van der Waals surface area contributed by atoms with Crippen LogP contribution in [-0.2, 0) is 0 Å². The first-order chi connectivity index (χ1) is 9.58. The highest BCUT2D eigenvalue weighted by Crippen LogP contribution is 2.38. The van der Waals surface area contributed by atoms with Crippen molar-refractivity contribution in [1.82, 2.24) is 10.6 Å². The van der Waals surface area contributed by atoms with Crippen LogP contribution in [0.5, 0.6) is 0 Å². The topological polar surface area (TPSA) is 41.1 Å². The van der Waals surface area contributed by atoms with Crippen LogP contribution in [0.4, 0.5) is 4.39 Å². The van der Waals surface area contributed by atoms with Crippen molar-refractivity contribution < 1.29 is 9.18 Å². The van der Waals surface area contributed by atoms with Gasteiger partial charge in [-0.15, -0.1) is 0 Å². The second-order valence-electron chi connectivity index (χ2n) is 5.85. The van der Waals surface area contributed by atoms with Gasteiger partial charge >= 0.3 is 0 Å². The smallest absolute Gasteiger partial charge is 0.252 e. The Morgan fingerprint density at radius 1 is 1.45 bits per heavy atom. The number of nitrogens with one attached hydrogen (secondary N) is 2. The molecule has 1 aliphatic carbocycles. The highest BCUT2D eigenvalue weighted by atomic mass is 79.9. The van der Waals surface area contributed by atoms with Crippen LogP contribution in [0.2, 0.25) is 0 Å². The molecule has 1 aromatic rings. The lowest BCUT2D eigenvalue weighted by Crippen LogP contribution is -2.59. The molecular weight excluding hydrogens is 323 g/mol. The number of halogens is 2. The monoisotopic (exact) mass is 340 g/mol. The highest BCUT2D eigenvalue weighted by molar-refractivity contribution is 9.10. The average Bonchev–Trinajstić information content (AvgIpc) is 2.37. The second-order valence-corrected chi connectivity index (χ2v) is 6.70. The third kappa shape index (κ3) is 2.74. The Hall–Kier alpha value is -0.940. The van der Waals surface area contributed by atoms with Gasteiger partial charge in [0.2, 0.25) is 0 Å². The number of piperidine rings is 1. The maximum absolute atomic E-state index is 13.1. The van der Waals surface area contributed by atoms with Gasteiger partial charge in [-0.2, -0.15) is 0 Å². The van der Waals surface area contributed by atoms with E-state index in [-0.39, 0.29) is 23.3 Å². The number of hydrogen-bond donors (Lipinski definition) is 2. The molecule has 1 spiro atoms. The third-order valence-corrected chi connectivity index (χ3v) is 5.11. The van der Waals surface area contributed by atoms with Crippen LogP contribution >= 0.6 is 15.9 Å². The van der Waals surface area contributed by atoms with Crippen LogP contribution in [0.15, 0.2) is 22.7 Å². The largest absolute Gasteiger partial charge is 0.349 e. The predicted molar refractivity (Wildman–Crippen MR) is 79.2 cm³/mol. The zero-order valence-corrected chi connectivity index (χ0v) is 12.8. The van der Waals surface area contributed by atoms with Crippen LogP contribution in [0, 0.1) is 5.82 Å². The molecule has 0 radical (unpaired) electrons. The molecule has 3 rings (SSSR count). The number of amides is 1. The number of carbonyl (C=O) groups excluding carboxylic acids is 1. The summed E-state index contributed by atoms with van der Waals surface area (Å²) in [5.74, 6) is -0.470. The van der Waals surface area contributed by atoms with Crippen LogP contribution in [0.25, 0.3) is 0 Å². The van der Waals surface area contributed by atoms with Gasteiger partial charge in [-0.25, -0.2) is 4.39 Å². The molecule has 20 heavy (non-hydrogen) atoms. The first kappa shape index (κ1) is 14.0. The van der Waals surface area contributed by atoms with Gasteiger partial charge in [-0.3, -0.25) is 4.79 Å². The van der Waals surface area contributed by atoms with Gasteiger partial charge in [-0.05, 0) is 72.8 Å². The van der Waals surface area contributed by atoms with Crippen molar-refractivity contribution in [3.05, 3.63) is 34.1 Å². The van der Waals surface area contributed by atoms with Crippen molar-refractivity contribution in [2.24, 2.45) is 0 Å². The van der Waals surface area contributed by atoms with Crippen LogP contribution < -0.4 is 10.6 Å². The minimum Gasteiger partial charge on any atom is -0.349 e. The normalized spacial score (nSPS) is 24.2. The first-order valence-corrected chi connectivity index (χ1v) is 7.88. The van der Waals surface area contributed by atoms with Crippen molar-refractivity contribution in [2.75, 3.05) is 6.54 Å². The van der Waals surface area contributed by atoms with Crippen molar-refractivity contribution in [1.29, 1.82) is 0 Å². The molecule has 1 aliphatic heterocycles. The van der Waals surface area contributed by atoms with E-state index in [0.29, 0.717) is 10.0 Å². The van der Waals surface area contributed by atoms with Gasteiger partial charge in [-0.1, -0.05) is 0 Å². The minimum absolute atomic E-state index is 0.127. The summed E-state index contributed by atoms with van der Waals surface area (Å²) in [6.45, 7) is 0.954. The van der Waals surface area contributed by atoms with E-state index < -0.39 is 0 Å². The molecule has 2 aliphatic rings. The number of hydrogen-bond acceptors (Lipinski definition) is 2. The van der Waals surface area contributed by atoms with Crippen molar-refractivity contribution in [3.63, 3.8) is 0 Å². The van der Waals surface area contributed by atoms with Gasteiger partial charge in [0.25, 0.3) is 5.91 Å². The lowest BCUT2D eigenvalue weighted by molar-refractivity contribution is 0.0852. The van der Waals surface area contributed by atoms with Crippen molar-refractivity contribution in [2.45, 2.75) is 43.7 Å². The van der Waals surface area contributed by atoms with E-state index in [9.17, 15) is 9.18 Å². The van der Waals surface area contributed by atoms with E-state index in [4.69, 9.17) is 0 Å². The Labute approximate surface area is 126 Å². The SMILES string of the molecule is O=C(NC1CCNC2(CCC2)C1)c1ccc(F)cc1Br.